The smallest absolute Gasteiger partial charge is 0.136 e. The van der Waals surface area contributed by atoms with Crippen molar-refractivity contribution in [3.05, 3.63) is 36.5 Å². The second-order valence-corrected chi connectivity index (χ2v) is 3.98. The van der Waals surface area contributed by atoms with E-state index in [2.05, 4.69) is 36.5 Å². The first-order chi connectivity index (χ1) is 7.30. The molecule has 1 heteroatoms. The molecular formula is C14H20O. The third-order valence-electron chi connectivity index (χ3n) is 2.64. The van der Waals surface area contributed by atoms with Crippen molar-refractivity contribution in [1.82, 2.24) is 0 Å². The van der Waals surface area contributed by atoms with Crippen LogP contribution in [-0.2, 0) is 4.79 Å². The van der Waals surface area contributed by atoms with Gasteiger partial charge in [-0.25, -0.2) is 0 Å². The Morgan fingerprint density at radius 2 is 1.67 bits per heavy atom. The van der Waals surface area contributed by atoms with E-state index in [-0.39, 0.29) is 11.7 Å². The molecule has 0 radical (unpaired) electrons. The Morgan fingerprint density at radius 3 is 2.40 bits per heavy atom. The molecule has 0 heterocycles. The van der Waals surface area contributed by atoms with E-state index in [4.69, 9.17) is 0 Å². The standard InChI is InChI=1S/C14H20O/c1-13(15)14-11-9-7-5-3-2-4-6-8-10-12-14/h3,5-6,8-9,11,14H,2,4,7,10,12H2,1H3/b5-3-,8-6-,11-9-. The van der Waals surface area contributed by atoms with Crippen LogP contribution in [0, 0.1) is 5.92 Å². The van der Waals surface area contributed by atoms with Crippen LogP contribution >= 0.6 is 0 Å². The maximum Gasteiger partial charge on any atom is 0.136 e. The summed E-state index contributed by atoms with van der Waals surface area (Å²) < 4.78 is 0. The van der Waals surface area contributed by atoms with Gasteiger partial charge < -0.3 is 0 Å². The molecule has 0 aromatic heterocycles. The van der Waals surface area contributed by atoms with E-state index in [1.165, 1.54) is 0 Å². The number of allylic oxidation sites excluding steroid dienone is 6. The van der Waals surface area contributed by atoms with Gasteiger partial charge >= 0.3 is 0 Å². The fourth-order valence-electron chi connectivity index (χ4n) is 1.67. The van der Waals surface area contributed by atoms with Gasteiger partial charge in [0, 0.05) is 5.92 Å². The molecule has 0 fully saturated rings. The summed E-state index contributed by atoms with van der Waals surface area (Å²) in [5, 5.41) is 0. The van der Waals surface area contributed by atoms with Crippen molar-refractivity contribution in [3.8, 4) is 0 Å². The lowest BCUT2D eigenvalue weighted by atomic mass is 9.97. The predicted octanol–water partition coefficient (Wildman–Crippen LogP) is 3.82. The molecule has 1 rings (SSSR count). The molecule has 0 saturated heterocycles. The average Bonchev–Trinajstić information content (AvgIpc) is 2.18. The molecule has 1 atom stereocenters. The van der Waals surface area contributed by atoms with Gasteiger partial charge in [0.25, 0.3) is 0 Å². The maximum atomic E-state index is 11.3. The Labute approximate surface area is 92.6 Å². The van der Waals surface area contributed by atoms with Crippen LogP contribution in [-0.4, -0.2) is 5.78 Å². The number of hydrogen-bond donors (Lipinski definition) is 0. The summed E-state index contributed by atoms with van der Waals surface area (Å²) in [5.41, 5.74) is 0. The summed E-state index contributed by atoms with van der Waals surface area (Å²) in [6.07, 6.45) is 18.1. The maximum absolute atomic E-state index is 11.3. The van der Waals surface area contributed by atoms with Crippen molar-refractivity contribution in [3.63, 3.8) is 0 Å². The number of rotatable bonds is 1. The molecule has 1 unspecified atom stereocenters. The summed E-state index contributed by atoms with van der Waals surface area (Å²) in [5.74, 6) is 0.392. The van der Waals surface area contributed by atoms with Crippen LogP contribution in [0.3, 0.4) is 0 Å². The Balaban J connectivity index is 2.57. The molecule has 0 amide bonds. The summed E-state index contributed by atoms with van der Waals surface area (Å²) in [7, 11) is 0. The molecule has 1 aliphatic rings. The SMILES string of the molecule is CC(=O)C1/C=C\C/C=C\CC/C=C\CC1. The highest BCUT2D eigenvalue weighted by Gasteiger charge is 2.08. The zero-order valence-electron chi connectivity index (χ0n) is 9.49. The van der Waals surface area contributed by atoms with Gasteiger partial charge in [-0.05, 0) is 39.0 Å². The van der Waals surface area contributed by atoms with E-state index in [0.717, 1.165) is 32.1 Å². The van der Waals surface area contributed by atoms with Crippen LogP contribution < -0.4 is 0 Å². The van der Waals surface area contributed by atoms with Crippen LogP contribution in [0.5, 0.6) is 0 Å². The van der Waals surface area contributed by atoms with E-state index in [1.54, 1.807) is 6.92 Å². The van der Waals surface area contributed by atoms with Gasteiger partial charge in [-0.15, -0.1) is 0 Å². The monoisotopic (exact) mass is 204 g/mol. The number of Topliss-reactive ketones (excluding diaryl/α,β-unsaturated/α-hetero) is 1. The molecule has 1 nitrogen and oxygen atoms in total. The third-order valence-corrected chi connectivity index (χ3v) is 2.64. The van der Waals surface area contributed by atoms with Gasteiger partial charge in [0.2, 0.25) is 0 Å². The second-order valence-electron chi connectivity index (χ2n) is 3.98. The Kier molecular flexibility index (Phi) is 5.76. The fourth-order valence-corrected chi connectivity index (χ4v) is 1.67. The van der Waals surface area contributed by atoms with Crippen molar-refractivity contribution in [2.45, 2.75) is 39.0 Å². The van der Waals surface area contributed by atoms with Crippen molar-refractivity contribution in [2.75, 3.05) is 0 Å². The lowest BCUT2D eigenvalue weighted by molar-refractivity contribution is -0.119. The molecule has 0 aromatic rings. The second kappa shape index (κ2) is 7.22. The van der Waals surface area contributed by atoms with Crippen molar-refractivity contribution in [1.29, 1.82) is 0 Å². The zero-order valence-corrected chi connectivity index (χ0v) is 9.49. The van der Waals surface area contributed by atoms with Gasteiger partial charge in [-0.2, -0.15) is 0 Å². The van der Waals surface area contributed by atoms with E-state index >= 15 is 0 Å². The van der Waals surface area contributed by atoms with Crippen LogP contribution in [0.15, 0.2) is 36.5 Å². The predicted molar refractivity (Wildman–Crippen MR) is 64.7 cm³/mol. The first-order valence-corrected chi connectivity index (χ1v) is 5.78. The molecule has 1 aliphatic carbocycles. The zero-order chi connectivity index (χ0) is 10.9. The largest absolute Gasteiger partial charge is 0.299 e. The summed E-state index contributed by atoms with van der Waals surface area (Å²) in [6, 6.07) is 0. The van der Waals surface area contributed by atoms with Crippen LogP contribution in [0.4, 0.5) is 0 Å². The topological polar surface area (TPSA) is 17.1 Å². The van der Waals surface area contributed by atoms with Gasteiger partial charge in [0.1, 0.15) is 5.78 Å². The van der Waals surface area contributed by atoms with Crippen molar-refractivity contribution >= 4 is 5.78 Å². The molecule has 0 spiro atoms. The first kappa shape index (κ1) is 12.0. The summed E-state index contributed by atoms with van der Waals surface area (Å²) in [6.45, 7) is 1.68. The third kappa shape index (κ3) is 5.36. The minimum atomic E-state index is 0.113. The minimum absolute atomic E-state index is 0.113. The van der Waals surface area contributed by atoms with Crippen LogP contribution in [0.1, 0.15) is 39.0 Å². The quantitative estimate of drug-likeness (QED) is 0.593. The van der Waals surface area contributed by atoms with Gasteiger partial charge in [-0.3, -0.25) is 4.79 Å². The van der Waals surface area contributed by atoms with E-state index < -0.39 is 0 Å². The molecular weight excluding hydrogens is 184 g/mol. The Bertz CT molecular complexity index is 271. The highest BCUT2D eigenvalue weighted by Crippen LogP contribution is 2.12. The van der Waals surface area contributed by atoms with E-state index in [1.807, 2.05) is 0 Å². The van der Waals surface area contributed by atoms with Crippen molar-refractivity contribution < 1.29 is 4.79 Å². The molecule has 0 aliphatic heterocycles. The molecule has 0 N–H and O–H groups in total. The molecule has 15 heavy (non-hydrogen) atoms. The molecule has 0 bridgehead atoms. The number of ketones is 1. The first-order valence-electron chi connectivity index (χ1n) is 5.78. The van der Waals surface area contributed by atoms with Crippen molar-refractivity contribution in [2.24, 2.45) is 5.92 Å². The average molecular weight is 204 g/mol. The summed E-state index contributed by atoms with van der Waals surface area (Å²) >= 11 is 0. The Morgan fingerprint density at radius 1 is 1.00 bits per heavy atom. The molecule has 0 aromatic carbocycles. The summed E-state index contributed by atoms with van der Waals surface area (Å²) in [4.78, 5) is 11.3. The molecule has 0 saturated carbocycles. The number of hydrogen-bond acceptors (Lipinski definition) is 1. The van der Waals surface area contributed by atoms with Gasteiger partial charge in [-0.1, -0.05) is 36.5 Å². The minimum Gasteiger partial charge on any atom is -0.299 e. The lowest BCUT2D eigenvalue weighted by Crippen LogP contribution is -2.07. The van der Waals surface area contributed by atoms with Crippen LogP contribution in [0.2, 0.25) is 0 Å². The number of carbonyl (C=O) groups is 1. The lowest BCUT2D eigenvalue weighted by Gasteiger charge is -2.06. The van der Waals surface area contributed by atoms with Gasteiger partial charge in [0.05, 0.1) is 0 Å². The van der Waals surface area contributed by atoms with Crippen LogP contribution in [0.25, 0.3) is 0 Å². The molecule has 82 valence electrons. The Hall–Kier alpha value is -1.11. The number of carbonyl (C=O) groups excluding carboxylic acids is 1. The highest BCUT2D eigenvalue weighted by atomic mass is 16.1. The van der Waals surface area contributed by atoms with E-state index in [9.17, 15) is 4.79 Å². The highest BCUT2D eigenvalue weighted by molar-refractivity contribution is 5.80. The van der Waals surface area contributed by atoms with E-state index in [0.29, 0.717) is 0 Å². The normalized spacial score (nSPS) is 29.5. The van der Waals surface area contributed by atoms with Gasteiger partial charge in [0.15, 0.2) is 0 Å². The fraction of sp³-hybridized carbons (Fsp3) is 0.500.